The van der Waals surface area contributed by atoms with Crippen molar-refractivity contribution in [1.29, 1.82) is 0 Å². The normalized spacial score (nSPS) is 12.6. The lowest BCUT2D eigenvalue weighted by Gasteiger charge is -2.15. The molecule has 136 valence electrons. The average molecular weight is 365 g/mol. The van der Waals surface area contributed by atoms with Crippen LogP contribution in [0.3, 0.4) is 0 Å². The fourth-order valence-electron chi connectivity index (χ4n) is 2.46. The van der Waals surface area contributed by atoms with E-state index in [-0.39, 0.29) is 12.3 Å². The van der Waals surface area contributed by atoms with Gasteiger partial charge in [0, 0.05) is 6.54 Å². The van der Waals surface area contributed by atoms with Gasteiger partial charge in [0.2, 0.25) is 10.0 Å². The smallest absolute Gasteiger partial charge is 0.215 e. The van der Waals surface area contributed by atoms with Crippen molar-refractivity contribution in [2.75, 3.05) is 20.8 Å². The van der Waals surface area contributed by atoms with Gasteiger partial charge in [-0.15, -0.1) is 0 Å². The average Bonchev–Trinajstić information content (AvgIpc) is 2.58. The number of nitrogens with one attached hydrogen (secondary N) is 1. The summed E-state index contributed by atoms with van der Waals surface area (Å²) in [7, 11) is -0.529. The van der Waals surface area contributed by atoms with Crippen molar-refractivity contribution < 1.29 is 23.0 Å². The Morgan fingerprint density at radius 2 is 1.80 bits per heavy atom. The van der Waals surface area contributed by atoms with Crippen molar-refractivity contribution in [1.82, 2.24) is 4.72 Å². The third kappa shape index (κ3) is 5.45. The van der Waals surface area contributed by atoms with Crippen molar-refractivity contribution in [3.05, 3.63) is 59.2 Å². The second-order valence-corrected chi connectivity index (χ2v) is 7.53. The van der Waals surface area contributed by atoms with Crippen molar-refractivity contribution in [3.63, 3.8) is 0 Å². The summed E-state index contributed by atoms with van der Waals surface area (Å²) >= 11 is 0. The molecule has 25 heavy (non-hydrogen) atoms. The number of benzene rings is 2. The zero-order valence-corrected chi connectivity index (χ0v) is 15.3. The van der Waals surface area contributed by atoms with E-state index in [2.05, 4.69) is 4.72 Å². The standard InChI is InChI=1S/C18H23NO5S/c1-13-5-4-6-14(9-13)12-25(21,22)19-11-16(20)15-7-8-17(23-2)18(10-15)24-3/h4-10,16,19-20H,11-12H2,1-3H3. The molecule has 2 N–H and O–H groups in total. The van der Waals surface area contributed by atoms with Gasteiger partial charge in [-0.3, -0.25) is 0 Å². The van der Waals surface area contributed by atoms with Gasteiger partial charge < -0.3 is 14.6 Å². The lowest BCUT2D eigenvalue weighted by molar-refractivity contribution is 0.181. The number of aryl methyl sites for hydroxylation is 1. The van der Waals surface area contributed by atoms with Gasteiger partial charge in [0.1, 0.15) is 0 Å². The van der Waals surface area contributed by atoms with E-state index in [1.54, 1.807) is 24.3 Å². The SMILES string of the molecule is COc1ccc(C(O)CNS(=O)(=O)Cc2cccc(C)c2)cc1OC. The number of rotatable bonds is 8. The summed E-state index contributed by atoms with van der Waals surface area (Å²) in [5.74, 6) is 0.882. The highest BCUT2D eigenvalue weighted by molar-refractivity contribution is 7.88. The van der Waals surface area contributed by atoms with Crippen LogP contribution in [0.15, 0.2) is 42.5 Å². The van der Waals surface area contributed by atoms with E-state index in [9.17, 15) is 13.5 Å². The fourth-order valence-corrected chi connectivity index (χ4v) is 3.59. The van der Waals surface area contributed by atoms with Gasteiger partial charge in [-0.2, -0.15) is 0 Å². The minimum atomic E-state index is -3.55. The third-order valence-electron chi connectivity index (χ3n) is 3.73. The Morgan fingerprint density at radius 3 is 2.44 bits per heavy atom. The van der Waals surface area contributed by atoms with Crippen LogP contribution in [0.5, 0.6) is 11.5 Å². The quantitative estimate of drug-likeness (QED) is 0.749. The molecule has 0 bridgehead atoms. The Balaban J connectivity index is 2.02. The fraction of sp³-hybridized carbons (Fsp3) is 0.333. The predicted octanol–water partition coefficient (Wildman–Crippen LogP) is 2.17. The molecule has 0 radical (unpaired) electrons. The maximum Gasteiger partial charge on any atom is 0.215 e. The van der Waals surface area contributed by atoms with Gasteiger partial charge >= 0.3 is 0 Å². The van der Waals surface area contributed by atoms with E-state index in [1.807, 2.05) is 25.1 Å². The molecular weight excluding hydrogens is 342 g/mol. The van der Waals surface area contributed by atoms with Crippen LogP contribution in [-0.4, -0.2) is 34.3 Å². The molecule has 0 aliphatic heterocycles. The zero-order valence-electron chi connectivity index (χ0n) is 14.5. The summed E-state index contributed by atoms with van der Waals surface area (Å²) in [4.78, 5) is 0. The lowest BCUT2D eigenvalue weighted by atomic mass is 10.1. The van der Waals surface area contributed by atoms with E-state index >= 15 is 0 Å². The maximum atomic E-state index is 12.2. The topological polar surface area (TPSA) is 84.9 Å². The van der Waals surface area contributed by atoms with Crippen LogP contribution in [-0.2, 0) is 15.8 Å². The molecule has 0 aliphatic carbocycles. The summed E-state index contributed by atoms with van der Waals surface area (Å²) in [5.41, 5.74) is 2.24. The molecule has 7 heteroatoms. The third-order valence-corrected chi connectivity index (χ3v) is 5.05. The molecule has 6 nitrogen and oxygen atoms in total. The Kier molecular flexibility index (Phi) is 6.41. The summed E-state index contributed by atoms with van der Waals surface area (Å²) in [5, 5.41) is 10.3. The number of aliphatic hydroxyl groups is 1. The van der Waals surface area contributed by atoms with Crippen LogP contribution in [0.4, 0.5) is 0 Å². The van der Waals surface area contributed by atoms with E-state index in [0.717, 1.165) is 5.56 Å². The molecule has 1 atom stereocenters. The molecule has 0 spiro atoms. The highest BCUT2D eigenvalue weighted by Crippen LogP contribution is 2.29. The molecule has 0 amide bonds. The Bertz CT molecular complexity index is 820. The molecule has 0 aliphatic rings. The second-order valence-electron chi connectivity index (χ2n) is 5.73. The predicted molar refractivity (Wildman–Crippen MR) is 96.3 cm³/mol. The van der Waals surface area contributed by atoms with Gasteiger partial charge in [0.05, 0.1) is 26.1 Å². The zero-order chi connectivity index (χ0) is 18.4. The Labute approximate surface area is 148 Å². The minimum Gasteiger partial charge on any atom is -0.493 e. The largest absolute Gasteiger partial charge is 0.493 e. The number of ether oxygens (including phenoxy) is 2. The first-order valence-electron chi connectivity index (χ1n) is 7.77. The summed E-state index contributed by atoms with van der Waals surface area (Å²) in [6, 6.07) is 12.3. The van der Waals surface area contributed by atoms with Gasteiger partial charge in [-0.1, -0.05) is 35.9 Å². The Hall–Kier alpha value is -2.09. The van der Waals surface area contributed by atoms with Crippen molar-refractivity contribution in [3.8, 4) is 11.5 Å². The molecule has 0 fully saturated rings. The number of methoxy groups -OCH3 is 2. The van der Waals surface area contributed by atoms with Gasteiger partial charge in [-0.25, -0.2) is 13.1 Å². The summed E-state index contributed by atoms with van der Waals surface area (Å²) < 4.78 is 37.2. The van der Waals surface area contributed by atoms with Crippen LogP contribution in [0.1, 0.15) is 22.8 Å². The first-order valence-corrected chi connectivity index (χ1v) is 9.42. The molecule has 0 aromatic heterocycles. The molecule has 0 saturated heterocycles. The minimum absolute atomic E-state index is 0.121. The van der Waals surface area contributed by atoms with Gasteiger partial charge in [0.15, 0.2) is 11.5 Å². The van der Waals surface area contributed by atoms with Crippen LogP contribution in [0.25, 0.3) is 0 Å². The van der Waals surface area contributed by atoms with E-state index in [1.165, 1.54) is 14.2 Å². The van der Waals surface area contributed by atoms with Crippen LogP contribution < -0.4 is 14.2 Å². The monoisotopic (exact) mass is 365 g/mol. The van der Waals surface area contributed by atoms with Gasteiger partial charge in [-0.05, 0) is 30.2 Å². The van der Waals surface area contributed by atoms with Crippen LogP contribution in [0.2, 0.25) is 0 Å². The lowest BCUT2D eigenvalue weighted by Crippen LogP contribution is -2.29. The number of hydrogen-bond donors (Lipinski definition) is 2. The van der Waals surface area contributed by atoms with Gasteiger partial charge in [0.25, 0.3) is 0 Å². The second kappa shape index (κ2) is 8.33. The Morgan fingerprint density at radius 1 is 1.08 bits per heavy atom. The van der Waals surface area contributed by atoms with Crippen LogP contribution >= 0.6 is 0 Å². The van der Waals surface area contributed by atoms with Crippen molar-refractivity contribution >= 4 is 10.0 Å². The highest BCUT2D eigenvalue weighted by atomic mass is 32.2. The van der Waals surface area contributed by atoms with E-state index in [0.29, 0.717) is 22.6 Å². The summed E-state index contributed by atoms with van der Waals surface area (Å²) in [6.45, 7) is 1.79. The van der Waals surface area contributed by atoms with E-state index < -0.39 is 16.1 Å². The molecule has 2 aromatic carbocycles. The first-order chi connectivity index (χ1) is 11.8. The molecule has 1 unspecified atom stereocenters. The number of aliphatic hydroxyl groups excluding tert-OH is 1. The molecule has 0 saturated carbocycles. The van der Waals surface area contributed by atoms with E-state index in [4.69, 9.17) is 9.47 Å². The molecule has 2 rings (SSSR count). The molecular formula is C18H23NO5S. The highest BCUT2D eigenvalue weighted by Gasteiger charge is 2.16. The first kappa shape index (κ1) is 19.2. The number of hydrogen-bond acceptors (Lipinski definition) is 5. The molecule has 0 heterocycles. The maximum absolute atomic E-state index is 12.2. The van der Waals surface area contributed by atoms with Crippen LogP contribution in [0, 0.1) is 6.92 Å². The number of sulfonamides is 1. The summed E-state index contributed by atoms with van der Waals surface area (Å²) in [6.07, 6.45) is -0.993. The molecule has 2 aromatic rings. The van der Waals surface area contributed by atoms with Crippen molar-refractivity contribution in [2.24, 2.45) is 0 Å². The van der Waals surface area contributed by atoms with Crippen molar-refractivity contribution in [2.45, 2.75) is 18.8 Å².